The van der Waals surface area contributed by atoms with Crippen LogP contribution in [-0.4, -0.2) is 36.5 Å². The molecule has 3 rings (SSSR count). The number of carbonyl (C=O) groups is 1. The summed E-state index contributed by atoms with van der Waals surface area (Å²) in [5.74, 6) is 1.06. The maximum Gasteiger partial charge on any atom is 0.224 e. The highest BCUT2D eigenvalue weighted by Crippen LogP contribution is 2.25. The minimum atomic E-state index is 0.171. The zero-order chi connectivity index (χ0) is 16.8. The molecule has 1 aromatic rings. The Morgan fingerprint density at radius 1 is 1.17 bits per heavy atom. The lowest BCUT2D eigenvalue weighted by atomic mass is 9.88. The maximum atomic E-state index is 12.4. The maximum absolute atomic E-state index is 12.4. The molecular weight excluding hydrogens is 296 g/mol. The Morgan fingerprint density at radius 2 is 2.00 bits per heavy atom. The van der Waals surface area contributed by atoms with Crippen LogP contribution in [0.1, 0.15) is 56.1 Å². The minimum absolute atomic E-state index is 0.171. The number of hydrogen-bond donors (Lipinski definition) is 1. The Kier molecular flexibility index (Phi) is 6.30. The number of amides is 1. The van der Waals surface area contributed by atoms with E-state index < -0.39 is 0 Å². The molecule has 0 radical (unpaired) electrons. The van der Waals surface area contributed by atoms with E-state index in [1.54, 1.807) is 0 Å². The molecular formula is C21H32N2O. The fraction of sp³-hybridized carbons (Fsp3) is 0.667. The Labute approximate surface area is 146 Å². The molecule has 0 aromatic heterocycles. The van der Waals surface area contributed by atoms with Crippen LogP contribution < -0.4 is 5.32 Å². The van der Waals surface area contributed by atoms with Crippen molar-refractivity contribution in [1.82, 2.24) is 10.2 Å². The van der Waals surface area contributed by atoms with Crippen LogP contribution >= 0.6 is 0 Å². The van der Waals surface area contributed by atoms with Gasteiger partial charge >= 0.3 is 0 Å². The molecule has 2 fully saturated rings. The van der Waals surface area contributed by atoms with Crippen molar-refractivity contribution in [2.45, 2.75) is 64.3 Å². The zero-order valence-corrected chi connectivity index (χ0v) is 15.1. The van der Waals surface area contributed by atoms with Gasteiger partial charge in [0.2, 0.25) is 5.91 Å². The number of piperidine rings is 1. The molecule has 132 valence electrons. The van der Waals surface area contributed by atoms with Crippen molar-refractivity contribution in [3.63, 3.8) is 0 Å². The van der Waals surface area contributed by atoms with Crippen LogP contribution in [0.25, 0.3) is 0 Å². The summed E-state index contributed by atoms with van der Waals surface area (Å²) in [5.41, 5.74) is 2.33. The largest absolute Gasteiger partial charge is 0.352 e. The first-order valence-electron chi connectivity index (χ1n) is 9.76. The van der Waals surface area contributed by atoms with Crippen LogP contribution in [0.15, 0.2) is 24.3 Å². The third kappa shape index (κ3) is 5.34. The number of hydrogen-bond acceptors (Lipinski definition) is 2. The molecule has 1 aliphatic carbocycles. The van der Waals surface area contributed by atoms with Crippen molar-refractivity contribution < 1.29 is 4.79 Å². The molecule has 24 heavy (non-hydrogen) atoms. The summed E-state index contributed by atoms with van der Waals surface area (Å²) in [5, 5.41) is 3.27. The van der Waals surface area contributed by atoms with Gasteiger partial charge in [-0.05, 0) is 50.6 Å². The van der Waals surface area contributed by atoms with Crippen LogP contribution in [-0.2, 0) is 11.2 Å². The Hall–Kier alpha value is -1.35. The summed E-state index contributed by atoms with van der Waals surface area (Å²) in [6.45, 7) is 5.56. The van der Waals surface area contributed by atoms with Crippen molar-refractivity contribution in [2.24, 2.45) is 5.92 Å². The van der Waals surface area contributed by atoms with Crippen LogP contribution in [0, 0.1) is 12.8 Å². The van der Waals surface area contributed by atoms with E-state index in [9.17, 15) is 4.79 Å². The summed E-state index contributed by atoms with van der Waals surface area (Å²) in [6, 6.07) is 8.59. The van der Waals surface area contributed by atoms with Gasteiger partial charge in [-0.15, -0.1) is 0 Å². The highest BCUT2D eigenvalue weighted by Gasteiger charge is 2.24. The fourth-order valence-electron chi connectivity index (χ4n) is 4.36. The summed E-state index contributed by atoms with van der Waals surface area (Å²) in [4.78, 5) is 15.0. The molecule has 0 unspecified atom stereocenters. The number of aryl methyl sites for hydroxylation is 1. The smallest absolute Gasteiger partial charge is 0.224 e. The van der Waals surface area contributed by atoms with E-state index in [0.29, 0.717) is 12.5 Å². The zero-order valence-electron chi connectivity index (χ0n) is 15.1. The van der Waals surface area contributed by atoms with Gasteiger partial charge in [0, 0.05) is 19.1 Å². The van der Waals surface area contributed by atoms with E-state index in [1.807, 2.05) is 12.1 Å². The first-order chi connectivity index (χ1) is 11.7. The molecule has 1 heterocycles. The predicted octanol–water partition coefficient (Wildman–Crippen LogP) is 3.70. The van der Waals surface area contributed by atoms with Gasteiger partial charge in [0.25, 0.3) is 0 Å². The number of carbonyl (C=O) groups excluding carboxylic acids is 1. The van der Waals surface area contributed by atoms with Gasteiger partial charge in [0.15, 0.2) is 0 Å². The van der Waals surface area contributed by atoms with Crippen molar-refractivity contribution >= 4 is 5.91 Å². The van der Waals surface area contributed by atoms with Gasteiger partial charge in [0.05, 0.1) is 6.42 Å². The molecule has 1 atom stereocenters. The second-order valence-electron chi connectivity index (χ2n) is 7.84. The lowest BCUT2D eigenvalue weighted by Gasteiger charge is -2.36. The van der Waals surface area contributed by atoms with E-state index in [1.165, 1.54) is 57.2 Å². The van der Waals surface area contributed by atoms with Crippen molar-refractivity contribution in [3.8, 4) is 0 Å². The third-order valence-electron chi connectivity index (χ3n) is 5.56. The number of nitrogens with one attached hydrogen (secondary N) is 1. The second-order valence-corrected chi connectivity index (χ2v) is 7.84. The molecule has 3 nitrogen and oxygen atoms in total. The van der Waals surface area contributed by atoms with Crippen molar-refractivity contribution in [2.75, 3.05) is 19.6 Å². The monoisotopic (exact) mass is 328 g/mol. The first kappa shape index (κ1) is 17.5. The predicted molar refractivity (Wildman–Crippen MR) is 99.1 cm³/mol. The summed E-state index contributed by atoms with van der Waals surface area (Å²) < 4.78 is 0. The number of nitrogens with zero attached hydrogens (tertiary/aromatic N) is 1. The van der Waals surface area contributed by atoms with E-state index >= 15 is 0 Å². The summed E-state index contributed by atoms with van der Waals surface area (Å²) in [6.07, 6.45) is 9.89. The summed E-state index contributed by atoms with van der Waals surface area (Å²) in [7, 11) is 0. The molecule has 1 saturated carbocycles. The summed E-state index contributed by atoms with van der Waals surface area (Å²) >= 11 is 0. The van der Waals surface area contributed by atoms with Crippen molar-refractivity contribution in [3.05, 3.63) is 35.4 Å². The standard InChI is InChI=1S/C21H32N2O/c1-17-7-5-10-19(13-17)14-21(24)22-20-11-6-12-23(16-20)15-18-8-3-2-4-9-18/h5,7,10,13,18,20H,2-4,6,8-9,11-12,14-16H2,1H3,(H,22,24)/t20-/m0/s1. The van der Waals surface area contributed by atoms with E-state index in [-0.39, 0.29) is 5.91 Å². The number of benzene rings is 1. The van der Waals surface area contributed by atoms with E-state index in [4.69, 9.17) is 0 Å². The minimum Gasteiger partial charge on any atom is -0.352 e. The third-order valence-corrected chi connectivity index (χ3v) is 5.56. The molecule has 0 bridgehead atoms. The van der Waals surface area contributed by atoms with Crippen LogP contribution in [0.4, 0.5) is 0 Å². The van der Waals surface area contributed by atoms with Gasteiger partial charge in [0.1, 0.15) is 0 Å². The number of likely N-dealkylation sites (tertiary alicyclic amines) is 1. The normalized spacial score (nSPS) is 23.1. The lowest BCUT2D eigenvalue weighted by molar-refractivity contribution is -0.121. The Balaban J connectivity index is 1.45. The molecule has 1 aliphatic heterocycles. The van der Waals surface area contributed by atoms with Gasteiger partial charge in [-0.2, -0.15) is 0 Å². The molecule has 1 N–H and O–H groups in total. The molecule has 0 spiro atoms. The van der Waals surface area contributed by atoms with Gasteiger partial charge < -0.3 is 10.2 Å². The van der Waals surface area contributed by atoms with Crippen LogP contribution in [0.3, 0.4) is 0 Å². The quantitative estimate of drug-likeness (QED) is 0.894. The highest BCUT2D eigenvalue weighted by atomic mass is 16.1. The first-order valence-corrected chi connectivity index (χ1v) is 9.76. The Bertz CT molecular complexity index is 536. The highest BCUT2D eigenvalue weighted by molar-refractivity contribution is 5.78. The van der Waals surface area contributed by atoms with Crippen molar-refractivity contribution in [1.29, 1.82) is 0 Å². The van der Waals surface area contributed by atoms with Crippen LogP contribution in [0.5, 0.6) is 0 Å². The van der Waals surface area contributed by atoms with Gasteiger partial charge in [-0.1, -0.05) is 49.1 Å². The average Bonchev–Trinajstić information content (AvgIpc) is 2.56. The Morgan fingerprint density at radius 3 is 2.79 bits per heavy atom. The van der Waals surface area contributed by atoms with Crippen LogP contribution in [0.2, 0.25) is 0 Å². The number of rotatable bonds is 5. The molecule has 1 saturated heterocycles. The lowest BCUT2D eigenvalue weighted by Crippen LogP contribution is -2.49. The van der Waals surface area contributed by atoms with Gasteiger partial charge in [-0.25, -0.2) is 0 Å². The molecule has 1 aromatic carbocycles. The topological polar surface area (TPSA) is 32.3 Å². The second kappa shape index (κ2) is 8.66. The van der Waals surface area contributed by atoms with Gasteiger partial charge in [-0.3, -0.25) is 4.79 Å². The average molecular weight is 329 g/mol. The molecule has 3 heteroatoms. The SMILES string of the molecule is Cc1cccc(CC(=O)N[C@H]2CCCN(CC3CCCCC3)C2)c1. The van der Waals surface area contributed by atoms with E-state index in [2.05, 4.69) is 29.3 Å². The fourth-order valence-corrected chi connectivity index (χ4v) is 4.36. The molecule has 1 amide bonds. The van der Waals surface area contributed by atoms with E-state index in [0.717, 1.165) is 24.4 Å². The molecule has 2 aliphatic rings.